The molecule has 2 heteroatoms. The average Bonchev–Trinajstić information content (AvgIpc) is 2.50. The molecule has 0 spiro atoms. The minimum absolute atomic E-state index is 0.0651. The molecule has 2 nitrogen and oxygen atoms in total. The first kappa shape index (κ1) is 8.34. The van der Waals surface area contributed by atoms with E-state index in [-0.39, 0.29) is 6.04 Å². The smallest absolute Gasteiger partial charge is 0.120 e. The van der Waals surface area contributed by atoms with Crippen LogP contribution in [0.25, 0.3) is 0 Å². The maximum Gasteiger partial charge on any atom is 0.120 e. The van der Waals surface area contributed by atoms with E-state index in [1.165, 1.54) is 0 Å². The van der Waals surface area contributed by atoms with Crippen molar-refractivity contribution in [1.29, 1.82) is 0 Å². The van der Waals surface area contributed by atoms with Crippen molar-refractivity contribution in [3.8, 4) is 0 Å². The molecule has 1 aromatic heterocycles. The van der Waals surface area contributed by atoms with Gasteiger partial charge in [0.1, 0.15) is 11.5 Å². The van der Waals surface area contributed by atoms with E-state index < -0.39 is 0 Å². The lowest BCUT2D eigenvalue weighted by Gasteiger charge is -2.02. The second-order valence-electron chi connectivity index (χ2n) is 2.67. The molecule has 1 aromatic rings. The highest BCUT2D eigenvalue weighted by atomic mass is 16.3. The maximum atomic E-state index is 5.77. The number of rotatable bonds is 3. The molecule has 0 aliphatic carbocycles. The Hall–Kier alpha value is -0.760. The molecule has 2 N–H and O–H groups in total. The van der Waals surface area contributed by atoms with Crippen LogP contribution in [0.5, 0.6) is 0 Å². The normalized spacial score (nSPS) is 13.4. The number of hydrogen-bond acceptors (Lipinski definition) is 2. The number of hydrogen-bond donors (Lipinski definition) is 1. The molecule has 62 valence electrons. The lowest BCUT2D eigenvalue weighted by Crippen LogP contribution is -2.06. The van der Waals surface area contributed by atoms with Crippen LogP contribution in [0.2, 0.25) is 0 Å². The molecule has 0 radical (unpaired) electrons. The van der Waals surface area contributed by atoms with Gasteiger partial charge in [0.15, 0.2) is 0 Å². The third-order valence-electron chi connectivity index (χ3n) is 1.84. The molecular formula is C9H15NO. The molecule has 11 heavy (non-hydrogen) atoms. The summed E-state index contributed by atoms with van der Waals surface area (Å²) in [5.41, 5.74) is 5.77. The fraction of sp³-hybridized carbons (Fsp3) is 0.556. The molecule has 1 atom stereocenters. The summed E-state index contributed by atoms with van der Waals surface area (Å²) < 4.78 is 5.46. The van der Waals surface area contributed by atoms with Crippen LogP contribution >= 0.6 is 0 Å². The van der Waals surface area contributed by atoms with Crippen molar-refractivity contribution in [2.45, 2.75) is 32.7 Å². The van der Waals surface area contributed by atoms with Crippen LogP contribution < -0.4 is 5.73 Å². The Kier molecular flexibility index (Phi) is 2.71. The summed E-state index contributed by atoms with van der Waals surface area (Å²) in [4.78, 5) is 0. The van der Waals surface area contributed by atoms with Gasteiger partial charge in [-0.15, -0.1) is 0 Å². The second-order valence-corrected chi connectivity index (χ2v) is 2.67. The number of aryl methyl sites for hydroxylation is 1. The van der Waals surface area contributed by atoms with Crippen molar-refractivity contribution in [3.63, 3.8) is 0 Å². The topological polar surface area (TPSA) is 39.2 Å². The van der Waals surface area contributed by atoms with E-state index in [1.54, 1.807) is 0 Å². The van der Waals surface area contributed by atoms with E-state index in [4.69, 9.17) is 10.2 Å². The summed E-state index contributed by atoms with van der Waals surface area (Å²) in [5.74, 6) is 1.92. The van der Waals surface area contributed by atoms with Gasteiger partial charge >= 0.3 is 0 Å². The summed E-state index contributed by atoms with van der Waals surface area (Å²) in [5, 5.41) is 0. The number of furan rings is 1. The van der Waals surface area contributed by atoms with E-state index >= 15 is 0 Å². The minimum Gasteiger partial charge on any atom is -0.464 e. The highest BCUT2D eigenvalue weighted by Crippen LogP contribution is 2.16. The van der Waals surface area contributed by atoms with Gasteiger partial charge in [-0.05, 0) is 18.6 Å². The van der Waals surface area contributed by atoms with Gasteiger partial charge in [-0.25, -0.2) is 0 Å². The number of nitrogens with two attached hydrogens (primary N) is 1. The lowest BCUT2D eigenvalue weighted by atomic mass is 10.2. The zero-order valence-electron chi connectivity index (χ0n) is 7.13. The predicted octanol–water partition coefficient (Wildman–Crippen LogP) is 2.25. The van der Waals surface area contributed by atoms with Crippen LogP contribution in [0.1, 0.15) is 37.8 Å². The van der Waals surface area contributed by atoms with Gasteiger partial charge in [0.05, 0.1) is 6.04 Å². The Balaban J connectivity index is 2.71. The van der Waals surface area contributed by atoms with Crippen molar-refractivity contribution in [1.82, 2.24) is 0 Å². The Morgan fingerprint density at radius 2 is 2.18 bits per heavy atom. The van der Waals surface area contributed by atoms with Crippen molar-refractivity contribution in [3.05, 3.63) is 23.7 Å². The molecule has 1 rings (SSSR count). The molecule has 0 bridgehead atoms. The molecule has 1 heterocycles. The quantitative estimate of drug-likeness (QED) is 0.723. The molecular weight excluding hydrogens is 138 g/mol. The average molecular weight is 153 g/mol. The van der Waals surface area contributed by atoms with E-state index in [0.717, 1.165) is 24.4 Å². The largest absolute Gasteiger partial charge is 0.464 e. The first-order valence-electron chi connectivity index (χ1n) is 4.12. The first-order valence-corrected chi connectivity index (χ1v) is 4.12. The Labute approximate surface area is 67.4 Å². The van der Waals surface area contributed by atoms with Crippen molar-refractivity contribution in [2.24, 2.45) is 5.73 Å². The fourth-order valence-electron chi connectivity index (χ4n) is 0.985. The van der Waals surface area contributed by atoms with Crippen LogP contribution in [-0.4, -0.2) is 0 Å². The van der Waals surface area contributed by atoms with Gasteiger partial charge < -0.3 is 10.2 Å². The van der Waals surface area contributed by atoms with Gasteiger partial charge in [0.25, 0.3) is 0 Å². The van der Waals surface area contributed by atoms with Crippen LogP contribution in [-0.2, 0) is 6.42 Å². The molecule has 0 aliphatic rings. The van der Waals surface area contributed by atoms with Crippen molar-refractivity contribution in [2.75, 3.05) is 0 Å². The van der Waals surface area contributed by atoms with Gasteiger partial charge in [0, 0.05) is 6.42 Å². The van der Waals surface area contributed by atoms with Crippen molar-refractivity contribution >= 4 is 0 Å². The molecule has 0 fully saturated rings. The molecule has 0 aromatic carbocycles. The summed E-state index contributed by atoms with van der Waals surface area (Å²) in [6.07, 6.45) is 1.87. The van der Waals surface area contributed by atoms with E-state index in [2.05, 4.69) is 13.8 Å². The Bertz CT molecular complexity index is 217. The maximum absolute atomic E-state index is 5.77. The zero-order valence-corrected chi connectivity index (χ0v) is 7.13. The minimum atomic E-state index is 0.0651. The van der Waals surface area contributed by atoms with Gasteiger partial charge in [-0.3, -0.25) is 0 Å². The molecule has 0 aliphatic heterocycles. The summed E-state index contributed by atoms with van der Waals surface area (Å²) >= 11 is 0. The predicted molar refractivity (Wildman–Crippen MR) is 45.3 cm³/mol. The van der Waals surface area contributed by atoms with E-state index in [9.17, 15) is 0 Å². The van der Waals surface area contributed by atoms with Crippen LogP contribution in [0.3, 0.4) is 0 Å². The Morgan fingerprint density at radius 3 is 2.64 bits per heavy atom. The van der Waals surface area contributed by atoms with E-state index in [0.29, 0.717) is 0 Å². The molecule has 0 saturated heterocycles. The monoisotopic (exact) mass is 153 g/mol. The van der Waals surface area contributed by atoms with Crippen molar-refractivity contribution < 1.29 is 4.42 Å². The lowest BCUT2D eigenvalue weighted by molar-refractivity contribution is 0.431. The summed E-state index contributed by atoms with van der Waals surface area (Å²) in [6, 6.07) is 4.02. The third-order valence-corrected chi connectivity index (χ3v) is 1.84. The molecule has 0 amide bonds. The van der Waals surface area contributed by atoms with Gasteiger partial charge in [-0.1, -0.05) is 13.8 Å². The van der Waals surface area contributed by atoms with E-state index in [1.807, 2.05) is 12.1 Å². The molecule has 1 unspecified atom stereocenters. The standard InChI is InChI=1S/C9H15NO/c1-3-7-5-6-9(11-7)8(10)4-2/h5-6,8H,3-4,10H2,1-2H3. The fourth-order valence-corrected chi connectivity index (χ4v) is 0.985. The first-order chi connectivity index (χ1) is 5.27. The third kappa shape index (κ3) is 1.84. The van der Waals surface area contributed by atoms with Gasteiger partial charge in [-0.2, -0.15) is 0 Å². The van der Waals surface area contributed by atoms with Crippen LogP contribution in [0.15, 0.2) is 16.5 Å². The second kappa shape index (κ2) is 3.58. The van der Waals surface area contributed by atoms with Crippen LogP contribution in [0, 0.1) is 0 Å². The Morgan fingerprint density at radius 1 is 1.45 bits per heavy atom. The summed E-state index contributed by atoms with van der Waals surface area (Å²) in [6.45, 7) is 4.12. The van der Waals surface area contributed by atoms with Gasteiger partial charge in [0.2, 0.25) is 0 Å². The van der Waals surface area contributed by atoms with Crippen LogP contribution in [0.4, 0.5) is 0 Å². The SMILES string of the molecule is CCc1ccc(C(N)CC)o1. The highest BCUT2D eigenvalue weighted by Gasteiger charge is 2.06. The summed E-state index contributed by atoms with van der Waals surface area (Å²) in [7, 11) is 0. The highest BCUT2D eigenvalue weighted by molar-refractivity contribution is 5.09. The molecule has 0 saturated carbocycles. The zero-order chi connectivity index (χ0) is 8.27.